The second kappa shape index (κ2) is 9.93. The molecule has 2 aliphatic carbocycles. The van der Waals surface area contributed by atoms with Gasteiger partial charge in [-0.25, -0.2) is 4.79 Å². The molecule has 218 valence electrons. The average Bonchev–Trinajstić information content (AvgIpc) is 3.31. The number of anilines is 1. The average molecular weight is 613 g/mol. The van der Waals surface area contributed by atoms with E-state index in [1.165, 1.54) is 31.3 Å². The Balaban J connectivity index is 1.50. The molecule has 2 aromatic carbocycles. The number of aliphatic hydroxyl groups is 1. The SMILES string of the molecule is CN1C(=O)[C@]2(Cl)C[C@@H]3C(=CC[C@@H]4C(=O)N(c5cccc(C(=O)O)c5)C(=O)[C@@H]43)[C@H](c3ccccc3OCCO)[C@]2(Cl)C1=O. The molecule has 42 heavy (non-hydrogen) atoms. The molecule has 12 heteroatoms. The van der Waals surface area contributed by atoms with Crippen molar-refractivity contribution >= 4 is 58.5 Å². The number of likely N-dealkylation sites (tertiary alicyclic amines) is 1. The van der Waals surface area contributed by atoms with Crippen molar-refractivity contribution in [3.8, 4) is 5.75 Å². The first-order valence-corrected chi connectivity index (χ1v) is 14.2. The number of carbonyl (C=O) groups is 5. The standard InChI is InChI=1S/C30H26Cl2N2O8/c1-33-27(40)29(31)14-20-17(23(30(29,32)28(33)41)18-7-2-3-8-21(18)42-12-11-35)9-10-19-22(20)25(37)34(24(19)36)16-6-4-5-15(13-16)26(38)39/h2-9,13,19-20,22-23,35H,10-12,14H2,1H3,(H,38,39)/t19-,20+,22-,23+,29+,30-/m0/s1. The Morgan fingerprint density at radius 3 is 2.48 bits per heavy atom. The van der Waals surface area contributed by atoms with E-state index in [1.807, 2.05) is 0 Å². The molecule has 0 unspecified atom stereocenters. The third-order valence-electron chi connectivity index (χ3n) is 8.94. The van der Waals surface area contributed by atoms with Crippen molar-refractivity contribution in [1.82, 2.24) is 4.90 Å². The Bertz CT molecular complexity index is 1590. The van der Waals surface area contributed by atoms with Gasteiger partial charge in [-0.1, -0.05) is 35.9 Å². The van der Waals surface area contributed by atoms with Gasteiger partial charge in [-0.05, 0) is 43.0 Å². The van der Waals surface area contributed by atoms with Gasteiger partial charge in [0.1, 0.15) is 12.4 Å². The number of nitrogens with zero attached hydrogens (tertiary/aromatic N) is 2. The highest BCUT2D eigenvalue weighted by Gasteiger charge is 2.76. The minimum absolute atomic E-state index is 0.0393. The van der Waals surface area contributed by atoms with Gasteiger partial charge in [0.05, 0.1) is 29.7 Å². The summed E-state index contributed by atoms with van der Waals surface area (Å²) in [6.45, 7) is -0.308. The van der Waals surface area contributed by atoms with Crippen molar-refractivity contribution in [2.24, 2.45) is 17.8 Å². The maximum absolute atomic E-state index is 14.1. The van der Waals surface area contributed by atoms with Crippen LogP contribution in [-0.2, 0) is 19.2 Å². The summed E-state index contributed by atoms with van der Waals surface area (Å²) in [7, 11) is 1.31. The second-order valence-electron chi connectivity index (χ2n) is 11.0. The van der Waals surface area contributed by atoms with Crippen molar-refractivity contribution < 1.29 is 38.9 Å². The van der Waals surface area contributed by atoms with Crippen molar-refractivity contribution in [3.63, 3.8) is 0 Å². The number of carbonyl (C=O) groups excluding carboxylic acids is 4. The molecule has 0 radical (unpaired) electrons. The van der Waals surface area contributed by atoms with E-state index in [0.717, 1.165) is 9.80 Å². The second-order valence-corrected chi connectivity index (χ2v) is 12.2. The summed E-state index contributed by atoms with van der Waals surface area (Å²) in [5.74, 6) is -6.74. The Morgan fingerprint density at radius 2 is 1.76 bits per heavy atom. The van der Waals surface area contributed by atoms with Crippen LogP contribution in [-0.4, -0.2) is 74.7 Å². The highest BCUT2D eigenvalue weighted by molar-refractivity contribution is 6.53. The predicted molar refractivity (Wildman–Crippen MR) is 150 cm³/mol. The summed E-state index contributed by atoms with van der Waals surface area (Å²) in [4.78, 5) is 64.6. The van der Waals surface area contributed by atoms with Crippen LogP contribution in [0.1, 0.15) is 34.7 Å². The molecule has 6 rings (SSSR count). The van der Waals surface area contributed by atoms with Crippen molar-refractivity contribution in [3.05, 3.63) is 71.3 Å². The Labute approximate surface area is 250 Å². The van der Waals surface area contributed by atoms with Crippen LogP contribution < -0.4 is 9.64 Å². The van der Waals surface area contributed by atoms with Crippen LogP contribution in [0.2, 0.25) is 0 Å². The first-order chi connectivity index (χ1) is 20.0. The largest absolute Gasteiger partial charge is 0.491 e. The zero-order valence-corrected chi connectivity index (χ0v) is 23.8. The molecule has 2 heterocycles. The third kappa shape index (κ3) is 3.71. The summed E-state index contributed by atoms with van der Waals surface area (Å²) >= 11 is 14.4. The highest BCUT2D eigenvalue weighted by atomic mass is 35.5. The number of aliphatic hydroxyl groups excluding tert-OH is 1. The van der Waals surface area contributed by atoms with E-state index in [2.05, 4.69) is 0 Å². The number of allylic oxidation sites excluding steroid dienone is 2. The van der Waals surface area contributed by atoms with Crippen LogP contribution in [0.5, 0.6) is 5.75 Å². The molecule has 0 bridgehead atoms. The first-order valence-electron chi connectivity index (χ1n) is 13.4. The maximum Gasteiger partial charge on any atom is 0.335 e. The van der Waals surface area contributed by atoms with Crippen LogP contribution in [0.3, 0.4) is 0 Å². The van der Waals surface area contributed by atoms with Gasteiger partial charge in [0, 0.05) is 18.5 Å². The van der Waals surface area contributed by atoms with Gasteiger partial charge < -0.3 is 14.9 Å². The number of imide groups is 2. The van der Waals surface area contributed by atoms with Gasteiger partial charge in [0.15, 0.2) is 9.75 Å². The van der Waals surface area contributed by atoms with E-state index in [1.54, 1.807) is 30.3 Å². The van der Waals surface area contributed by atoms with E-state index in [-0.39, 0.29) is 37.3 Å². The fourth-order valence-electron chi connectivity index (χ4n) is 7.13. The van der Waals surface area contributed by atoms with Crippen LogP contribution in [0, 0.1) is 17.8 Å². The number of para-hydroxylation sites is 1. The molecule has 10 nitrogen and oxygen atoms in total. The molecule has 0 aromatic heterocycles. The summed E-state index contributed by atoms with van der Waals surface area (Å²) < 4.78 is 5.80. The monoisotopic (exact) mass is 612 g/mol. The predicted octanol–water partition coefficient (Wildman–Crippen LogP) is 2.95. The fraction of sp³-hybridized carbons (Fsp3) is 0.367. The van der Waals surface area contributed by atoms with Crippen molar-refractivity contribution in [2.45, 2.75) is 28.5 Å². The number of amides is 4. The number of aromatic carboxylic acids is 1. The molecular weight excluding hydrogens is 587 g/mol. The van der Waals surface area contributed by atoms with E-state index >= 15 is 0 Å². The number of fused-ring (bicyclic) bond motifs is 4. The zero-order chi connectivity index (χ0) is 30.1. The smallest absolute Gasteiger partial charge is 0.335 e. The lowest BCUT2D eigenvalue weighted by Crippen LogP contribution is -2.60. The summed E-state index contributed by atoms with van der Waals surface area (Å²) in [6.07, 6.45) is 1.79. The maximum atomic E-state index is 14.1. The quantitative estimate of drug-likeness (QED) is 0.288. The van der Waals surface area contributed by atoms with Gasteiger partial charge in [-0.3, -0.25) is 29.0 Å². The van der Waals surface area contributed by atoms with Gasteiger partial charge in [-0.2, -0.15) is 0 Å². The number of alkyl halides is 2. The minimum atomic E-state index is -1.96. The van der Waals surface area contributed by atoms with Crippen LogP contribution in [0.25, 0.3) is 0 Å². The lowest BCUT2D eigenvalue weighted by atomic mass is 9.56. The molecule has 3 fully saturated rings. The number of ether oxygens (including phenoxy) is 1. The Kier molecular flexibility index (Phi) is 6.71. The van der Waals surface area contributed by atoms with E-state index in [9.17, 15) is 34.2 Å². The highest BCUT2D eigenvalue weighted by Crippen LogP contribution is 2.66. The molecule has 6 atom stereocenters. The minimum Gasteiger partial charge on any atom is -0.491 e. The third-order valence-corrected chi connectivity index (χ3v) is 10.4. The summed E-state index contributed by atoms with van der Waals surface area (Å²) in [5.41, 5.74) is 1.11. The molecule has 1 saturated carbocycles. The van der Waals surface area contributed by atoms with Crippen LogP contribution in [0.4, 0.5) is 5.69 Å². The molecular formula is C30H26Cl2N2O8. The molecule has 2 aromatic rings. The van der Waals surface area contributed by atoms with E-state index in [4.69, 9.17) is 27.9 Å². The topological polar surface area (TPSA) is 142 Å². The molecule has 0 spiro atoms. The lowest BCUT2D eigenvalue weighted by molar-refractivity contribution is -0.138. The van der Waals surface area contributed by atoms with Gasteiger partial charge in [-0.15, -0.1) is 23.2 Å². The number of rotatable bonds is 6. The normalized spacial score (nSPS) is 32.0. The summed E-state index contributed by atoms with van der Waals surface area (Å²) in [5, 5.41) is 18.9. The van der Waals surface area contributed by atoms with Crippen molar-refractivity contribution in [2.75, 3.05) is 25.2 Å². The van der Waals surface area contributed by atoms with Crippen LogP contribution >= 0.6 is 23.2 Å². The van der Waals surface area contributed by atoms with Gasteiger partial charge in [0.25, 0.3) is 11.8 Å². The zero-order valence-electron chi connectivity index (χ0n) is 22.3. The summed E-state index contributed by atoms with van der Waals surface area (Å²) in [6, 6.07) is 12.4. The first kappa shape index (κ1) is 28.4. The number of carboxylic acid groups (broad SMARTS) is 1. The number of halogens is 2. The van der Waals surface area contributed by atoms with Gasteiger partial charge >= 0.3 is 5.97 Å². The fourth-order valence-corrected chi connectivity index (χ4v) is 8.14. The van der Waals surface area contributed by atoms with E-state index < -0.39 is 63.0 Å². The molecule has 2 saturated heterocycles. The molecule has 2 aliphatic heterocycles. The number of hydrogen-bond acceptors (Lipinski definition) is 7. The Morgan fingerprint density at radius 1 is 1.02 bits per heavy atom. The molecule has 4 amide bonds. The van der Waals surface area contributed by atoms with Gasteiger partial charge in [0.2, 0.25) is 11.8 Å². The van der Waals surface area contributed by atoms with Crippen LogP contribution in [0.15, 0.2) is 60.2 Å². The molecule has 2 N–H and O–H groups in total. The van der Waals surface area contributed by atoms with Crippen molar-refractivity contribution in [1.29, 1.82) is 0 Å². The number of hydrogen-bond donors (Lipinski definition) is 2. The number of carboxylic acids is 1. The Hall–Kier alpha value is -3.73. The molecule has 4 aliphatic rings. The number of benzene rings is 2. The van der Waals surface area contributed by atoms with E-state index in [0.29, 0.717) is 16.9 Å². The lowest BCUT2D eigenvalue weighted by Gasteiger charge is -2.51.